The molecule has 2 heteroatoms. The van der Waals surface area contributed by atoms with E-state index < -0.39 is 0 Å². The first-order chi connectivity index (χ1) is 6.72. The number of carbonyl (C=O) groups is 1. The number of hydrogen-bond donors (Lipinski definition) is 0. The number of nitrogens with zero attached hydrogens (tertiary/aromatic N) is 1. The summed E-state index contributed by atoms with van der Waals surface area (Å²) < 4.78 is 0. The van der Waals surface area contributed by atoms with E-state index in [9.17, 15) is 4.79 Å². The van der Waals surface area contributed by atoms with Crippen LogP contribution in [0.3, 0.4) is 0 Å². The van der Waals surface area contributed by atoms with Crippen molar-refractivity contribution >= 4 is 5.91 Å². The summed E-state index contributed by atoms with van der Waals surface area (Å²) in [5, 5.41) is 0. The van der Waals surface area contributed by atoms with Crippen LogP contribution in [0.1, 0.15) is 52.9 Å². The van der Waals surface area contributed by atoms with E-state index in [4.69, 9.17) is 0 Å². The molecule has 1 saturated heterocycles. The van der Waals surface area contributed by atoms with Gasteiger partial charge in [-0.1, -0.05) is 26.7 Å². The normalized spacial score (nSPS) is 23.5. The van der Waals surface area contributed by atoms with Gasteiger partial charge in [0.15, 0.2) is 0 Å². The third-order valence-electron chi connectivity index (χ3n) is 3.55. The van der Waals surface area contributed by atoms with E-state index in [0.29, 0.717) is 5.41 Å². The summed E-state index contributed by atoms with van der Waals surface area (Å²) in [6.07, 6.45) is 6.73. The molecule has 1 saturated carbocycles. The number of hydrogen-bond acceptors (Lipinski definition) is 1. The van der Waals surface area contributed by atoms with Crippen LogP contribution in [0, 0.1) is 5.41 Å². The summed E-state index contributed by atoms with van der Waals surface area (Å²) in [6, 6.07) is 0. The molecule has 0 radical (unpaired) electrons. The molecular weight excluding hydrogens is 174 g/mol. The fourth-order valence-corrected chi connectivity index (χ4v) is 2.74. The Morgan fingerprint density at radius 3 is 2.14 bits per heavy atom. The number of rotatable bonds is 0. The lowest BCUT2D eigenvalue weighted by Gasteiger charge is -2.22. The lowest BCUT2D eigenvalue weighted by molar-refractivity contribution is -0.128. The molecule has 1 heterocycles. The quantitative estimate of drug-likeness (QED) is 0.585. The van der Waals surface area contributed by atoms with Crippen LogP contribution in [0.4, 0.5) is 0 Å². The summed E-state index contributed by atoms with van der Waals surface area (Å²) in [5.74, 6) is 0.263. The van der Waals surface area contributed by atoms with Gasteiger partial charge in [0.05, 0.1) is 0 Å². The predicted octanol–water partition coefficient (Wildman–Crippen LogP) is 2.83. The first-order valence-corrected chi connectivity index (χ1v) is 5.97. The van der Waals surface area contributed by atoms with Crippen LogP contribution in [-0.4, -0.2) is 23.9 Å². The molecule has 0 aromatic heterocycles. The van der Waals surface area contributed by atoms with Gasteiger partial charge in [-0.05, 0) is 24.7 Å². The van der Waals surface area contributed by atoms with Gasteiger partial charge in [-0.15, -0.1) is 0 Å². The van der Waals surface area contributed by atoms with E-state index in [0.717, 1.165) is 13.1 Å². The molecular formula is C12H23NO. The second-order valence-electron chi connectivity index (χ2n) is 4.40. The van der Waals surface area contributed by atoms with Crippen LogP contribution in [0.2, 0.25) is 0 Å². The van der Waals surface area contributed by atoms with E-state index in [-0.39, 0.29) is 5.91 Å². The SMILES string of the molecule is CC.CC(=O)N1CCC2(CCCC2)C1. The summed E-state index contributed by atoms with van der Waals surface area (Å²) in [7, 11) is 0. The standard InChI is InChI=1S/C10H17NO.C2H6/c1-9(12)11-7-6-10(8-11)4-2-3-5-10;1-2/h2-8H2,1H3;1-2H3. The van der Waals surface area contributed by atoms with E-state index in [1.807, 2.05) is 18.7 Å². The minimum atomic E-state index is 0.263. The van der Waals surface area contributed by atoms with Crippen LogP contribution in [-0.2, 0) is 4.79 Å². The molecule has 2 nitrogen and oxygen atoms in total. The molecule has 82 valence electrons. The molecule has 1 aliphatic carbocycles. The lowest BCUT2D eigenvalue weighted by atomic mass is 9.86. The molecule has 1 aliphatic heterocycles. The highest BCUT2D eigenvalue weighted by atomic mass is 16.2. The molecule has 2 fully saturated rings. The van der Waals surface area contributed by atoms with Gasteiger partial charge in [-0.2, -0.15) is 0 Å². The molecule has 0 atom stereocenters. The van der Waals surface area contributed by atoms with Crippen molar-refractivity contribution in [2.75, 3.05) is 13.1 Å². The average Bonchev–Trinajstić information content (AvgIpc) is 2.81. The van der Waals surface area contributed by atoms with Crippen LogP contribution >= 0.6 is 0 Å². The van der Waals surface area contributed by atoms with Crippen molar-refractivity contribution in [1.29, 1.82) is 0 Å². The predicted molar refractivity (Wildman–Crippen MR) is 59.1 cm³/mol. The summed E-state index contributed by atoms with van der Waals surface area (Å²) in [6.45, 7) is 7.74. The molecule has 0 bridgehead atoms. The van der Waals surface area contributed by atoms with Crippen molar-refractivity contribution in [2.24, 2.45) is 5.41 Å². The van der Waals surface area contributed by atoms with E-state index in [2.05, 4.69) is 0 Å². The maximum Gasteiger partial charge on any atom is 0.219 e. The van der Waals surface area contributed by atoms with Gasteiger partial charge < -0.3 is 4.90 Å². The van der Waals surface area contributed by atoms with Crippen molar-refractivity contribution < 1.29 is 4.79 Å². The van der Waals surface area contributed by atoms with Crippen molar-refractivity contribution in [2.45, 2.75) is 52.9 Å². The van der Waals surface area contributed by atoms with Gasteiger partial charge in [0.2, 0.25) is 5.91 Å². The van der Waals surface area contributed by atoms with Crippen LogP contribution in [0.15, 0.2) is 0 Å². The Morgan fingerprint density at radius 2 is 1.71 bits per heavy atom. The second kappa shape index (κ2) is 4.81. The van der Waals surface area contributed by atoms with E-state index in [1.54, 1.807) is 6.92 Å². The van der Waals surface area contributed by atoms with E-state index >= 15 is 0 Å². The Labute approximate surface area is 87.7 Å². The third-order valence-corrected chi connectivity index (χ3v) is 3.55. The summed E-state index contributed by atoms with van der Waals surface area (Å²) in [5.41, 5.74) is 0.547. The third kappa shape index (κ3) is 2.28. The van der Waals surface area contributed by atoms with Crippen molar-refractivity contribution in [3.05, 3.63) is 0 Å². The Bertz CT molecular complexity index is 194. The topological polar surface area (TPSA) is 20.3 Å². The fourth-order valence-electron chi connectivity index (χ4n) is 2.74. The molecule has 2 aliphatic rings. The highest BCUT2D eigenvalue weighted by molar-refractivity contribution is 5.73. The zero-order chi connectivity index (χ0) is 10.6. The maximum absolute atomic E-state index is 11.1. The zero-order valence-corrected chi connectivity index (χ0v) is 9.81. The van der Waals surface area contributed by atoms with Crippen LogP contribution in [0.5, 0.6) is 0 Å². The number of amides is 1. The number of likely N-dealkylation sites (tertiary alicyclic amines) is 1. The van der Waals surface area contributed by atoms with E-state index in [1.165, 1.54) is 32.1 Å². The molecule has 1 amide bonds. The van der Waals surface area contributed by atoms with Gasteiger partial charge in [0, 0.05) is 20.0 Å². The minimum Gasteiger partial charge on any atom is -0.342 e. The highest BCUT2D eigenvalue weighted by Crippen LogP contribution is 2.45. The molecule has 2 rings (SSSR count). The smallest absolute Gasteiger partial charge is 0.219 e. The molecule has 14 heavy (non-hydrogen) atoms. The van der Waals surface area contributed by atoms with Crippen molar-refractivity contribution in [3.8, 4) is 0 Å². The molecule has 1 spiro atoms. The fraction of sp³-hybridized carbons (Fsp3) is 0.917. The van der Waals surface area contributed by atoms with Crippen LogP contribution in [0.25, 0.3) is 0 Å². The van der Waals surface area contributed by atoms with Crippen LogP contribution < -0.4 is 0 Å². The Balaban J connectivity index is 0.000000461. The molecule has 0 unspecified atom stereocenters. The molecule has 0 aromatic carbocycles. The first kappa shape index (κ1) is 11.5. The largest absolute Gasteiger partial charge is 0.342 e. The Morgan fingerprint density at radius 1 is 1.14 bits per heavy atom. The molecule has 0 aromatic rings. The van der Waals surface area contributed by atoms with Gasteiger partial charge in [0.25, 0.3) is 0 Å². The monoisotopic (exact) mass is 197 g/mol. The van der Waals surface area contributed by atoms with Crippen molar-refractivity contribution in [1.82, 2.24) is 4.90 Å². The van der Waals surface area contributed by atoms with Gasteiger partial charge >= 0.3 is 0 Å². The highest BCUT2D eigenvalue weighted by Gasteiger charge is 2.40. The summed E-state index contributed by atoms with van der Waals surface area (Å²) in [4.78, 5) is 13.1. The van der Waals surface area contributed by atoms with Gasteiger partial charge in [-0.25, -0.2) is 0 Å². The summed E-state index contributed by atoms with van der Waals surface area (Å²) >= 11 is 0. The van der Waals surface area contributed by atoms with Crippen molar-refractivity contribution in [3.63, 3.8) is 0 Å². The lowest BCUT2D eigenvalue weighted by Crippen LogP contribution is -2.28. The second-order valence-corrected chi connectivity index (χ2v) is 4.40. The molecule has 0 N–H and O–H groups in total. The van der Waals surface area contributed by atoms with Gasteiger partial charge in [-0.3, -0.25) is 4.79 Å². The first-order valence-electron chi connectivity index (χ1n) is 5.97. The minimum absolute atomic E-state index is 0.263. The Kier molecular flexibility index (Phi) is 3.97. The maximum atomic E-state index is 11.1. The average molecular weight is 197 g/mol. The zero-order valence-electron chi connectivity index (χ0n) is 9.81. The number of carbonyl (C=O) groups excluding carboxylic acids is 1. The van der Waals surface area contributed by atoms with Gasteiger partial charge in [0.1, 0.15) is 0 Å². The Hall–Kier alpha value is -0.530.